The summed E-state index contributed by atoms with van der Waals surface area (Å²) in [5.41, 5.74) is 0.836. The van der Waals surface area contributed by atoms with Crippen molar-refractivity contribution in [3.8, 4) is 0 Å². The molecule has 0 aromatic carbocycles. The van der Waals surface area contributed by atoms with E-state index in [2.05, 4.69) is 20.6 Å². The molecule has 0 radical (unpaired) electrons. The van der Waals surface area contributed by atoms with Crippen LogP contribution in [-0.2, 0) is 11.3 Å². The zero-order chi connectivity index (χ0) is 17.4. The molecule has 1 fully saturated rings. The Morgan fingerprint density at radius 1 is 1.33 bits per heavy atom. The van der Waals surface area contributed by atoms with Gasteiger partial charge in [0.15, 0.2) is 5.96 Å². The van der Waals surface area contributed by atoms with Gasteiger partial charge in [0, 0.05) is 26.3 Å². The first-order valence-corrected chi connectivity index (χ1v) is 8.78. The van der Waals surface area contributed by atoms with Crippen LogP contribution in [0.15, 0.2) is 23.3 Å². The van der Waals surface area contributed by atoms with E-state index in [0.29, 0.717) is 23.6 Å². The summed E-state index contributed by atoms with van der Waals surface area (Å²) >= 11 is 5.85. The third kappa shape index (κ3) is 6.35. The summed E-state index contributed by atoms with van der Waals surface area (Å²) in [4.78, 5) is 22.2. The second-order valence-corrected chi connectivity index (χ2v) is 6.69. The fraction of sp³-hybridized carbons (Fsp3) is 0.588. The SMILES string of the molecule is CN(C)C(=O)CNC(=NCc1ccc(Cl)cn1)NC1CCCCC1. The third-order valence-electron chi connectivity index (χ3n) is 4.04. The van der Waals surface area contributed by atoms with Crippen LogP contribution in [0.3, 0.4) is 0 Å². The largest absolute Gasteiger partial charge is 0.354 e. The maximum Gasteiger partial charge on any atom is 0.241 e. The first-order chi connectivity index (χ1) is 11.5. The highest BCUT2D eigenvalue weighted by molar-refractivity contribution is 6.30. The lowest BCUT2D eigenvalue weighted by Crippen LogP contribution is -2.47. The molecule has 0 spiro atoms. The standard InChI is InChI=1S/C17H26ClN5O/c1-23(2)16(24)12-21-17(22-14-6-4-3-5-7-14)20-11-15-9-8-13(18)10-19-15/h8-10,14H,3-7,11-12H2,1-2H3,(H2,20,21,22). The number of guanidine groups is 1. The van der Waals surface area contributed by atoms with E-state index in [1.807, 2.05) is 6.07 Å². The van der Waals surface area contributed by atoms with Crippen molar-refractivity contribution in [2.75, 3.05) is 20.6 Å². The number of halogens is 1. The summed E-state index contributed by atoms with van der Waals surface area (Å²) in [6.07, 6.45) is 7.67. The Balaban J connectivity index is 1.97. The molecule has 7 heteroatoms. The van der Waals surface area contributed by atoms with Crippen LogP contribution in [0.4, 0.5) is 0 Å². The lowest BCUT2D eigenvalue weighted by molar-refractivity contribution is -0.127. The minimum Gasteiger partial charge on any atom is -0.354 e. The number of rotatable bonds is 5. The Bertz CT molecular complexity index is 553. The normalized spacial score (nSPS) is 15.9. The molecule has 1 aromatic rings. The average Bonchev–Trinajstić information content (AvgIpc) is 2.59. The second-order valence-electron chi connectivity index (χ2n) is 6.25. The second kappa shape index (κ2) is 9.47. The van der Waals surface area contributed by atoms with Gasteiger partial charge in [-0.15, -0.1) is 0 Å². The number of carbonyl (C=O) groups excluding carboxylic acids is 1. The van der Waals surface area contributed by atoms with Gasteiger partial charge in [0.05, 0.1) is 23.8 Å². The van der Waals surface area contributed by atoms with Gasteiger partial charge in [-0.2, -0.15) is 0 Å². The number of hydrogen-bond acceptors (Lipinski definition) is 3. The lowest BCUT2D eigenvalue weighted by Gasteiger charge is -2.25. The van der Waals surface area contributed by atoms with Crippen molar-refractivity contribution < 1.29 is 4.79 Å². The number of nitrogens with zero attached hydrogens (tertiary/aromatic N) is 3. The predicted octanol–water partition coefficient (Wildman–Crippen LogP) is 2.19. The number of nitrogens with one attached hydrogen (secondary N) is 2. The van der Waals surface area contributed by atoms with Gasteiger partial charge in [0.1, 0.15) is 0 Å². The number of amides is 1. The van der Waals surface area contributed by atoms with E-state index in [9.17, 15) is 4.79 Å². The molecule has 1 heterocycles. The van der Waals surface area contributed by atoms with E-state index >= 15 is 0 Å². The molecule has 1 aliphatic rings. The van der Waals surface area contributed by atoms with Gasteiger partial charge in [-0.05, 0) is 25.0 Å². The Hall–Kier alpha value is -1.82. The molecule has 0 saturated heterocycles. The van der Waals surface area contributed by atoms with Crippen LogP contribution >= 0.6 is 11.6 Å². The van der Waals surface area contributed by atoms with Crippen molar-refractivity contribution in [3.63, 3.8) is 0 Å². The van der Waals surface area contributed by atoms with E-state index in [0.717, 1.165) is 18.5 Å². The zero-order valence-electron chi connectivity index (χ0n) is 14.4. The molecule has 1 aromatic heterocycles. The third-order valence-corrected chi connectivity index (χ3v) is 4.26. The summed E-state index contributed by atoms with van der Waals surface area (Å²) in [6, 6.07) is 4.07. The molecule has 1 saturated carbocycles. The van der Waals surface area contributed by atoms with E-state index in [-0.39, 0.29) is 12.5 Å². The van der Waals surface area contributed by atoms with Crippen LogP contribution in [0.5, 0.6) is 0 Å². The van der Waals surface area contributed by atoms with Crippen LogP contribution in [-0.4, -0.2) is 48.4 Å². The lowest BCUT2D eigenvalue weighted by atomic mass is 9.96. The van der Waals surface area contributed by atoms with Gasteiger partial charge in [-0.25, -0.2) is 4.99 Å². The van der Waals surface area contributed by atoms with Gasteiger partial charge in [-0.3, -0.25) is 9.78 Å². The van der Waals surface area contributed by atoms with Crippen molar-refractivity contribution in [2.24, 2.45) is 4.99 Å². The molecule has 132 valence electrons. The molecular formula is C17H26ClN5O. The van der Waals surface area contributed by atoms with Gasteiger partial charge in [0.25, 0.3) is 0 Å². The number of aromatic nitrogens is 1. The minimum absolute atomic E-state index is 0.0118. The minimum atomic E-state index is 0.0118. The summed E-state index contributed by atoms with van der Waals surface area (Å²) in [7, 11) is 3.49. The zero-order valence-corrected chi connectivity index (χ0v) is 15.1. The van der Waals surface area contributed by atoms with Gasteiger partial charge in [-0.1, -0.05) is 30.9 Å². The maximum absolute atomic E-state index is 11.8. The quantitative estimate of drug-likeness (QED) is 0.630. The summed E-state index contributed by atoms with van der Waals surface area (Å²) in [6.45, 7) is 0.662. The van der Waals surface area contributed by atoms with E-state index < -0.39 is 0 Å². The van der Waals surface area contributed by atoms with Crippen molar-refractivity contribution >= 4 is 23.5 Å². The van der Waals surface area contributed by atoms with Crippen LogP contribution in [0.25, 0.3) is 0 Å². The van der Waals surface area contributed by atoms with E-state index in [4.69, 9.17) is 11.6 Å². The van der Waals surface area contributed by atoms with E-state index in [1.54, 1.807) is 31.3 Å². The number of hydrogen-bond donors (Lipinski definition) is 2. The molecular weight excluding hydrogens is 326 g/mol. The van der Waals surface area contributed by atoms with Crippen LogP contribution in [0, 0.1) is 0 Å². The Morgan fingerprint density at radius 3 is 2.71 bits per heavy atom. The molecule has 1 amide bonds. The first-order valence-electron chi connectivity index (χ1n) is 8.40. The Labute approximate surface area is 148 Å². The molecule has 2 rings (SSSR count). The number of likely N-dealkylation sites (N-methyl/N-ethyl adjacent to an activating group) is 1. The maximum atomic E-state index is 11.8. The fourth-order valence-electron chi connectivity index (χ4n) is 2.57. The summed E-state index contributed by atoms with van der Waals surface area (Å²) in [5, 5.41) is 7.18. The number of aliphatic imine (C=N–C) groups is 1. The summed E-state index contributed by atoms with van der Waals surface area (Å²) < 4.78 is 0. The van der Waals surface area contributed by atoms with Crippen molar-refractivity contribution in [3.05, 3.63) is 29.0 Å². The highest BCUT2D eigenvalue weighted by atomic mass is 35.5. The van der Waals surface area contributed by atoms with Crippen molar-refractivity contribution in [1.29, 1.82) is 0 Å². The smallest absolute Gasteiger partial charge is 0.241 e. The molecule has 2 N–H and O–H groups in total. The topological polar surface area (TPSA) is 69.6 Å². The Morgan fingerprint density at radius 2 is 2.08 bits per heavy atom. The van der Waals surface area contributed by atoms with Gasteiger partial charge < -0.3 is 15.5 Å². The molecule has 0 atom stereocenters. The summed E-state index contributed by atoms with van der Waals surface area (Å²) in [5.74, 6) is 0.673. The average molecular weight is 352 g/mol. The molecule has 0 bridgehead atoms. The molecule has 0 aliphatic heterocycles. The van der Waals surface area contributed by atoms with Crippen LogP contribution < -0.4 is 10.6 Å². The molecule has 6 nitrogen and oxygen atoms in total. The molecule has 0 unspecified atom stereocenters. The van der Waals surface area contributed by atoms with Crippen molar-refractivity contribution in [2.45, 2.75) is 44.7 Å². The highest BCUT2D eigenvalue weighted by Gasteiger charge is 2.15. The van der Waals surface area contributed by atoms with Crippen molar-refractivity contribution in [1.82, 2.24) is 20.5 Å². The molecule has 1 aliphatic carbocycles. The monoisotopic (exact) mass is 351 g/mol. The predicted molar refractivity (Wildman–Crippen MR) is 97.1 cm³/mol. The van der Waals surface area contributed by atoms with Gasteiger partial charge >= 0.3 is 0 Å². The van der Waals surface area contributed by atoms with Gasteiger partial charge in [0.2, 0.25) is 5.91 Å². The number of carbonyl (C=O) groups is 1. The number of pyridine rings is 1. The fourth-order valence-corrected chi connectivity index (χ4v) is 2.68. The molecule has 24 heavy (non-hydrogen) atoms. The first kappa shape index (κ1) is 18.5. The van der Waals surface area contributed by atoms with Crippen LogP contribution in [0.2, 0.25) is 5.02 Å². The Kier molecular flexibility index (Phi) is 7.31. The van der Waals surface area contributed by atoms with E-state index in [1.165, 1.54) is 19.3 Å². The van der Waals surface area contributed by atoms with Crippen LogP contribution in [0.1, 0.15) is 37.8 Å². The highest BCUT2D eigenvalue weighted by Crippen LogP contribution is 2.17.